The van der Waals surface area contributed by atoms with Crippen molar-refractivity contribution in [3.8, 4) is 0 Å². The second-order valence-corrected chi connectivity index (χ2v) is 7.27. The Balaban J connectivity index is 1.55. The van der Waals surface area contributed by atoms with Gasteiger partial charge in [-0.05, 0) is 49.5 Å². The third-order valence-corrected chi connectivity index (χ3v) is 5.38. The summed E-state index contributed by atoms with van der Waals surface area (Å²) in [5.74, 6) is 0.618. The summed E-state index contributed by atoms with van der Waals surface area (Å²) in [5.41, 5.74) is 0.716. The van der Waals surface area contributed by atoms with Crippen LogP contribution in [-0.2, 0) is 4.79 Å². The summed E-state index contributed by atoms with van der Waals surface area (Å²) in [4.78, 5) is 26.7. The molecule has 0 bridgehead atoms. The van der Waals surface area contributed by atoms with Crippen LogP contribution in [0.5, 0.6) is 0 Å². The van der Waals surface area contributed by atoms with Gasteiger partial charge in [0.25, 0.3) is 5.91 Å². The van der Waals surface area contributed by atoms with E-state index in [1.807, 2.05) is 21.7 Å². The van der Waals surface area contributed by atoms with Crippen molar-refractivity contribution in [2.24, 2.45) is 5.92 Å². The molecule has 1 aliphatic heterocycles. The first-order valence-electron chi connectivity index (χ1n) is 8.50. The molecular formula is C18H24N2O2S. The number of carbonyl (C=O) groups excluding carboxylic acids is 2. The lowest BCUT2D eigenvalue weighted by atomic mass is 10.0. The van der Waals surface area contributed by atoms with Gasteiger partial charge in [0.15, 0.2) is 0 Å². The highest BCUT2D eigenvalue weighted by Gasteiger charge is 2.25. The summed E-state index contributed by atoms with van der Waals surface area (Å²) in [7, 11) is 0. The Hall–Kier alpha value is -1.62. The van der Waals surface area contributed by atoms with Gasteiger partial charge in [-0.15, -0.1) is 0 Å². The lowest BCUT2D eigenvalue weighted by Crippen LogP contribution is -2.44. The van der Waals surface area contributed by atoms with Crippen molar-refractivity contribution >= 4 is 23.2 Å². The van der Waals surface area contributed by atoms with Gasteiger partial charge in [0.2, 0.25) is 5.91 Å². The molecule has 1 saturated heterocycles. The van der Waals surface area contributed by atoms with Gasteiger partial charge in [0.1, 0.15) is 0 Å². The molecule has 0 saturated carbocycles. The van der Waals surface area contributed by atoms with Crippen LogP contribution in [-0.4, -0.2) is 35.8 Å². The van der Waals surface area contributed by atoms with E-state index < -0.39 is 0 Å². The van der Waals surface area contributed by atoms with Gasteiger partial charge in [-0.3, -0.25) is 9.59 Å². The van der Waals surface area contributed by atoms with Crippen LogP contribution in [0.25, 0.3) is 0 Å². The van der Waals surface area contributed by atoms with Crippen molar-refractivity contribution in [1.82, 2.24) is 10.2 Å². The van der Waals surface area contributed by atoms with E-state index in [1.165, 1.54) is 11.3 Å². The normalized spacial score (nSPS) is 24.4. The molecule has 0 radical (unpaired) electrons. The molecule has 2 aliphatic rings. The molecule has 0 spiro atoms. The van der Waals surface area contributed by atoms with Gasteiger partial charge in [-0.1, -0.05) is 12.2 Å². The van der Waals surface area contributed by atoms with Crippen molar-refractivity contribution in [3.05, 3.63) is 34.5 Å². The number of rotatable bonds is 4. The van der Waals surface area contributed by atoms with Gasteiger partial charge < -0.3 is 10.2 Å². The van der Waals surface area contributed by atoms with Crippen LogP contribution >= 0.6 is 11.3 Å². The average Bonchev–Trinajstić information content (AvgIpc) is 3.19. The van der Waals surface area contributed by atoms with E-state index in [9.17, 15) is 9.59 Å². The first-order valence-corrected chi connectivity index (χ1v) is 9.44. The number of nitrogens with one attached hydrogen (secondary N) is 1. The summed E-state index contributed by atoms with van der Waals surface area (Å²) < 4.78 is 0. The second-order valence-electron chi connectivity index (χ2n) is 6.49. The first-order chi connectivity index (χ1) is 11.2. The summed E-state index contributed by atoms with van der Waals surface area (Å²) >= 11 is 1.53. The molecule has 2 heterocycles. The van der Waals surface area contributed by atoms with Crippen LogP contribution in [0, 0.1) is 5.92 Å². The Bertz CT molecular complexity index is 568. The van der Waals surface area contributed by atoms with Gasteiger partial charge in [-0.2, -0.15) is 11.3 Å². The first kappa shape index (κ1) is 16.2. The lowest BCUT2D eigenvalue weighted by molar-refractivity contribution is -0.132. The number of nitrogens with zero attached hydrogens (tertiary/aromatic N) is 1. The Morgan fingerprint density at radius 1 is 1.30 bits per heavy atom. The van der Waals surface area contributed by atoms with Crippen LogP contribution in [0.2, 0.25) is 0 Å². The van der Waals surface area contributed by atoms with Crippen molar-refractivity contribution in [1.29, 1.82) is 0 Å². The molecule has 1 N–H and O–H groups in total. The molecule has 2 atom stereocenters. The molecule has 1 aromatic heterocycles. The number of thiophene rings is 1. The largest absolute Gasteiger partial charge is 0.347 e. The molecule has 4 nitrogen and oxygen atoms in total. The summed E-state index contributed by atoms with van der Waals surface area (Å²) in [6.45, 7) is 1.46. The van der Waals surface area contributed by atoms with Gasteiger partial charge in [0.05, 0.1) is 0 Å². The molecule has 2 unspecified atom stereocenters. The molecular weight excluding hydrogens is 308 g/mol. The molecule has 1 aromatic rings. The average molecular weight is 332 g/mol. The van der Waals surface area contributed by atoms with Crippen LogP contribution in [0.4, 0.5) is 0 Å². The number of allylic oxidation sites excluding steroid dienone is 2. The van der Waals surface area contributed by atoms with E-state index in [0.29, 0.717) is 24.4 Å². The minimum absolute atomic E-state index is 0.0238. The Morgan fingerprint density at radius 3 is 2.96 bits per heavy atom. The minimum atomic E-state index is -0.0238. The van der Waals surface area contributed by atoms with Crippen molar-refractivity contribution < 1.29 is 9.59 Å². The standard InChI is InChI=1S/C18H24N2O2S/c21-17(11-14-5-1-2-6-14)20-9-4-3-7-16(12-20)19-18(22)15-8-10-23-13-15/h1,5,8,10,13-14,16H,2-4,6-7,9,11-12H2,(H,19,22). The number of hydrogen-bond donors (Lipinski definition) is 1. The quantitative estimate of drug-likeness (QED) is 0.861. The maximum atomic E-state index is 12.5. The van der Waals surface area contributed by atoms with E-state index in [1.54, 1.807) is 0 Å². The molecule has 1 fully saturated rings. The van der Waals surface area contributed by atoms with E-state index in [0.717, 1.165) is 38.6 Å². The third-order valence-electron chi connectivity index (χ3n) is 4.69. The van der Waals surface area contributed by atoms with Gasteiger partial charge in [-0.25, -0.2) is 0 Å². The summed E-state index contributed by atoms with van der Waals surface area (Å²) in [6.07, 6.45) is 10.2. The smallest absolute Gasteiger partial charge is 0.252 e. The third kappa shape index (κ3) is 4.44. The van der Waals surface area contributed by atoms with Gasteiger partial charge in [0, 0.05) is 36.5 Å². The SMILES string of the molecule is O=C(NC1CCCCN(C(=O)CC2C=CCC2)C1)c1ccsc1. The van der Waals surface area contributed by atoms with Gasteiger partial charge >= 0.3 is 0 Å². The van der Waals surface area contributed by atoms with Crippen LogP contribution in [0.15, 0.2) is 29.0 Å². The molecule has 2 amide bonds. The van der Waals surface area contributed by atoms with E-state index >= 15 is 0 Å². The highest BCUT2D eigenvalue weighted by Crippen LogP contribution is 2.22. The molecule has 0 aromatic carbocycles. The second kappa shape index (κ2) is 7.77. The lowest BCUT2D eigenvalue weighted by Gasteiger charge is -2.26. The summed E-state index contributed by atoms with van der Waals surface area (Å²) in [5, 5.41) is 6.87. The van der Waals surface area contributed by atoms with Crippen LogP contribution in [0.1, 0.15) is 48.9 Å². The molecule has 124 valence electrons. The number of carbonyl (C=O) groups is 2. The number of likely N-dealkylation sites (tertiary alicyclic amines) is 1. The van der Waals surface area contributed by atoms with Crippen molar-refractivity contribution in [2.75, 3.05) is 13.1 Å². The van der Waals surface area contributed by atoms with Crippen LogP contribution in [0.3, 0.4) is 0 Å². The zero-order valence-corrected chi connectivity index (χ0v) is 14.2. The Morgan fingerprint density at radius 2 is 2.22 bits per heavy atom. The number of hydrogen-bond acceptors (Lipinski definition) is 3. The van der Waals surface area contributed by atoms with E-state index in [-0.39, 0.29) is 17.9 Å². The summed E-state index contributed by atoms with van der Waals surface area (Å²) in [6, 6.07) is 1.90. The molecule has 23 heavy (non-hydrogen) atoms. The number of amides is 2. The molecule has 1 aliphatic carbocycles. The molecule has 5 heteroatoms. The molecule has 3 rings (SSSR count). The van der Waals surface area contributed by atoms with E-state index in [4.69, 9.17) is 0 Å². The predicted octanol–water partition coefficient (Wildman–Crippen LogP) is 3.22. The predicted molar refractivity (Wildman–Crippen MR) is 92.5 cm³/mol. The van der Waals surface area contributed by atoms with Crippen molar-refractivity contribution in [3.63, 3.8) is 0 Å². The highest BCUT2D eigenvalue weighted by atomic mass is 32.1. The fraction of sp³-hybridized carbons (Fsp3) is 0.556. The Kier molecular flexibility index (Phi) is 5.49. The maximum absolute atomic E-state index is 12.5. The van der Waals surface area contributed by atoms with E-state index in [2.05, 4.69) is 17.5 Å². The topological polar surface area (TPSA) is 49.4 Å². The maximum Gasteiger partial charge on any atom is 0.252 e. The fourth-order valence-electron chi connectivity index (χ4n) is 3.37. The monoisotopic (exact) mass is 332 g/mol. The minimum Gasteiger partial charge on any atom is -0.347 e. The van der Waals surface area contributed by atoms with Crippen LogP contribution < -0.4 is 5.32 Å². The fourth-order valence-corrected chi connectivity index (χ4v) is 4.00. The Labute approximate surface area is 141 Å². The zero-order chi connectivity index (χ0) is 16.1. The van der Waals surface area contributed by atoms with Crippen molar-refractivity contribution in [2.45, 2.75) is 44.6 Å². The highest BCUT2D eigenvalue weighted by molar-refractivity contribution is 7.08. The zero-order valence-electron chi connectivity index (χ0n) is 13.4.